The molecule has 2 aromatic carbocycles. The van der Waals surface area contributed by atoms with Gasteiger partial charge in [-0.2, -0.15) is 0 Å². The van der Waals surface area contributed by atoms with Gasteiger partial charge in [0.15, 0.2) is 0 Å². The van der Waals surface area contributed by atoms with Crippen LogP contribution in [0.25, 0.3) is 11.0 Å². The predicted octanol–water partition coefficient (Wildman–Crippen LogP) is 5.41. The third-order valence-corrected chi connectivity index (χ3v) is 5.20. The van der Waals surface area contributed by atoms with Crippen LogP contribution < -0.4 is 5.32 Å². The molecule has 0 radical (unpaired) electrons. The summed E-state index contributed by atoms with van der Waals surface area (Å²) in [7, 11) is 0. The van der Waals surface area contributed by atoms with Gasteiger partial charge < -0.3 is 9.88 Å². The molecule has 0 aliphatic carbocycles. The first-order valence-corrected chi connectivity index (χ1v) is 11.0. The lowest BCUT2D eigenvalue weighted by molar-refractivity contribution is -0.121. The number of para-hydroxylation sites is 2. The molecule has 5 heteroatoms. The number of carbonyl (C=O) groups excluding carboxylic acids is 1. The molecule has 0 atom stereocenters. The summed E-state index contributed by atoms with van der Waals surface area (Å²) in [6, 6.07) is 18.4. The summed E-state index contributed by atoms with van der Waals surface area (Å²) < 4.78 is 3.18. The van der Waals surface area contributed by atoms with Crippen molar-refractivity contribution in [3.05, 3.63) is 77.0 Å². The molecular weight excluding hydrogens is 426 g/mol. The van der Waals surface area contributed by atoms with Crippen LogP contribution in [0.15, 0.2) is 65.7 Å². The van der Waals surface area contributed by atoms with Crippen LogP contribution in [0.1, 0.15) is 37.1 Å². The summed E-state index contributed by atoms with van der Waals surface area (Å²) in [4.78, 5) is 16.8. The lowest BCUT2D eigenvalue weighted by Gasteiger charge is -2.09. The molecule has 29 heavy (non-hydrogen) atoms. The molecule has 1 aromatic heterocycles. The molecule has 0 fully saturated rings. The second-order valence-corrected chi connectivity index (χ2v) is 8.39. The van der Waals surface area contributed by atoms with Gasteiger partial charge in [0.05, 0.1) is 17.6 Å². The van der Waals surface area contributed by atoms with Gasteiger partial charge in [-0.25, -0.2) is 4.98 Å². The maximum atomic E-state index is 12.0. The number of aryl methyl sites for hydroxylation is 2. The zero-order chi connectivity index (χ0) is 20.5. The first kappa shape index (κ1) is 21.3. The van der Waals surface area contributed by atoms with Crippen LogP contribution in [0, 0.1) is 0 Å². The van der Waals surface area contributed by atoms with Gasteiger partial charge in [0.25, 0.3) is 0 Å². The van der Waals surface area contributed by atoms with Crippen molar-refractivity contribution in [2.24, 2.45) is 0 Å². The van der Waals surface area contributed by atoms with E-state index in [1.807, 2.05) is 30.3 Å². The number of nitrogens with one attached hydrogen (secondary N) is 1. The molecule has 0 spiro atoms. The van der Waals surface area contributed by atoms with Crippen LogP contribution in [0.2, 0.25) is 0 Å². The van der Waals surface area contributed by atoms with Gasteiger partial charge in [0.2, 0.25) is 5.91 Å². The number of halogens is 1. The topological polar surface area (TPSA) is 46.9 Å². The third-order valence-electron chi connectivity index (χ3n) is 4.95. The van der Waals surface area contributed by atoms with Gasteiger partial charge in [0, 0.05) is 23.9 Å². The lowest BCUT2D eigenvalue weighted by Crippen LogP contribution is -2.24. The molecule has 0 saturated heterocycles. The Kier molecular flexibility index (Phi) is 8.05. The summed E-state index contributed by atoms with van der Waals surface area (Å²) in [5.74, 6) is 1.23. The number of aromatic nitrogens is 2. The normalized spacial score (nSPS) is 10.9. The first-order chi connectivity index (χ1) is 14.1. The quantitative estimate of drug-likeness (QED) is 0.394. The monoisotopic (exact) mass is 453 g/mol. The van der Waals surface area contributed by atoms with Gasteiger partial charge >= 0.3 is 0 Å². The number of hydrogen-bond acceptors (Lipinski definition) is 2. The van der Waals surface area contributed by atoms with Crippen LogP contribution >= 0.6 is 15.9 Å². The Morgan fingerprint density at radius 2 is 1.76 bits per heavy atom. The number of rotatable bonds is 11. The number of imidazole rings is 1. The lowest BCUT2D eigenvalue weighted by atomic mass is 10.1. The van der Waals surface area contributed by atoms with Crippen LogP contribution in [0.3, 0.4) is 0 Å². The van der Waals surface area contributed by atoms with E-state index in [0.717, 1.165) is 66.5 Å². The second-order valence-electron chi connectivity index (χ2n) is 7.27. The van der Waals surface area contributed by atoms with E-state index < -0.39 is 0 Å². The molecule has 1 N–H and O–H groups in total. The minimum Gasteiger partial charge on any atom is -0.356 e. The fraction of sp³-hybridized carbons (Fsp3) is 0.333. The fourth-order valence-corrected chi connectivity index (χ4v) is 3.72. The van der Waals surface area contributed by atoms with Crippen molar-refractivity contribution in [1.29, 1.82) is 0 Å². The van der Waals surface area contributed by atoms with Crippen LogP contribution in [-0.2, 0) is 24.2 Å². The van der Waals surface area contributed by atoms with E-state index in [0.29, 0.717) is 6.42 Å². The summed E-state index contributed by atoms with van der Waals surface area (Å²) in [5, 5.41) is 3.03. The summed E-state index contributed by atoms with van der Waals surface area (Å²) in [6.45, 7) is 5.45. The number of carbonyl (C=O) groups is 1. The Labute approximate surface area is 181 Å². The van der Waals surface area contributed by atoms with E-state index in [-0.39, 0.29) is 5.91 Å². The Balaban J connectivity index is 1.38. The minimum atomic E-state index is 0.131. The fourth-order valence-electron chi connectivity index (χ4n) is 3.47. The summed E-state index contributed by atoms with van der Waals surface area (Å²) in [5.41, 5.74) is 3.38. The zero-order valence-corrected chi connectivity index (χ0v) is 18.3. The second kappa shape index (κ2) is 11.0. The van der Waals surface area contributed by atoms with Crippen molar-refractivity contribution in [1.82, 2.24) is 14.9 Å². The highest BCUT2D eigenvalue weighted by molar-refractivity contribution is 9.11. The van der Waals surface area contributed by atoms with Gasteiger partial charge in [-0.15, -0.1) is 0 Å². The molecular formula is C24H28BrN3O. The standard InChI is InChI=1S/C24H28BrN3O/c1-19(25)18-28-22-13-8-7-12-21(22)27-23(28)14-6-3-9-17-26-24(29)16-15-20-10-4-2-5-11-20/h2,4-5,7-8,10-13H,1,3,6,9,14-18H2,(H,26,29). The molecule has 3 rings (SSSR count). The minimum absolute atomic E-state index is 0.131. The SMILES string of the molecule is C=C(Br)Cn1c(CCCCCNC(=O)CCc2ccccc2)nc2ccccc21. The molecule has 152 valence electrons. The van der Waals surface area contributed by atoms with Crippen molar-refractivity contribution < 1.29 is 4.79 Å². The molecule has 1 heterocycles. The van der Waals surface area contributed by atoms with Gasteiger partial charge in [0.1, 0.15) is 5.82 Å². The maximum absolute atomic E-state index is 12.0. The molecule has 0 unspecified atom stereocenters. The number of benzene rings is 2. The van der Waals surface area contributed by atoms with E-state index in [1.165, 1.54) is 5.56 Å². The molecule has 1 amide bonds. The molecule has 3 aromatic rings. The van der Waals surface area contributed by atoms with E-state index in [4.69, 9.17) is 4.98 Å². The van der Waals surface area contributed by atoms with Gasteiger partial charge in [-0.3, -0.25) is 4.79 Å². The van der Waals surface area contributed by atoms with Crippen molar-refractivity contribution in [3.8, 4) is 0 Å². The highest BCUT2D eigenvalue weighted by atomic mass is 79.9. The van der Waals surface area contributed by atoms with E-state index in [1.54, 1.807) is 0 Å². The Morgan fingerprint density at radius 1 is 1.00 bits per heavy atom. The van der Waals surface area contributed by atoms with Crippen LogP contribution in [0.4, 0.5) is 0 Å². The molecule has 0 aliphatic rings. The van der Waals surface area contributed by atoms with E-state index in [2.05, 4.69) is 56.7 Å². The Hall–Kier alpha value is -2.40. The highest BCUT2D eigenvalue weighted by Crippen LogP contribution is 2.20. The highest BCUT2D eigenvalue weighted by Gasteiger charge is 2.10. The van der Waals surface area contributed by atoms with E-state index >= 15 is 0 Å². The largest absolute Gasteiger partial charge is 0.356 e. The number of hydrogen-bond donors (Lipinski definition) is 1. The van der Waals surface area contributed by atoms with Gasteiger partial charge in [-0.05, 0) is 37.0 Å². The summed E-state index contributed by atoms with van der Waals surface area (Å²) in [6.07, 6.45) is 5.38. The van der Waals surface area contributed by atoms with Crippen molar-refractivity contribution in [3.63, 3.8) is 0 Å². The number of allylic oxidation sites excluding steroid dienone is 1. The molecule has 0 bridgehead atoms. The van der Waals surface area contributed by atoms with Crippen molar-refractivity contribution in [2.75, 3.05) is 6.54 Å². The molecule has 0 aliphatic heterocycles. The molecule has 0 saturated carbocycles. The average Bonchev–Trinajstić information content (AvgIpc) is 3.06. The number of nitrogens with zero attached hydrogens (tertiary/aromatic N) is 2. The maximum Gasteiger partial charge on any atom is 0.220 e. The van der Waals surface area contributed by atoms with Gasteiger partial charge in [-0.1, -0.05) is 71.4 Å². The zero-order valence-electron chi connectivity index (χ0n) is 16.7. The summed E-state index contributed by atoms with van der Waals surface area (Å²) >= 11 is 3.48. The Bertz CT molecular complexity index is 949. The number of fused-ring (bicyclic) bond motifs is 1. The molecule has 4 nitrogen and oxygen atoms in total. The predicted molar refractivity (Wildman–Crippen MR) is 123 cm³/mol. The van der Waals surface area contributed by atoms with Crippen LogP contribution in [0.5, 0.6) is 0 Å². The van der Waals surface area contributed by atoms with E-state index in [9.17, 15) is 4.79 Å². The number of unbranched alkanes of at least 4 members (excludes halogenated alkanes) is 2. The van der Waals surface area contributed by atoms with Crippen LogP contribution in [-0.4, -0.2) is 22.0 Å². The smallest absolute Gasteiger partial charge is 0.220 e. The third kappa shape index (κ3) is 6.57. The van der Waals surface area contributed by atoms with Crippen molar-refractivity contribution in [2.45, 2.75) is 45.1 Å². The van der Waals surface area contributed by atoms with Crippen molar-refractivity contribution >= 4 is 32.9 Å². The Morgan fingerprint density at radius 3 is 2.55 bits per heavy atom. The number of amides is 1. The first-order valence-electron chi connectivity index (χ1n) is 10.2. The average molecular weight is 454 g/mol.